The average Bonchev–Trinajstić information content (AvgIpc) is 2.46. The number of rotatable bonds is 3. The molecule has 0 aromatic carbocycles. The summed E-state index contributed by atoms with van der Waals surface area (Å²) in [6.07, 6.45) is 0.354. The summed E-state index contributed by atoms with van der Waals surface area (Å²) in [4.78, 5) is 24.4. The predicted octanol–water partition coefficient (Wildman–Crippen LogP) is -0.446. The molecular weight excluding hydrogens is 210 g/mol. The minimum absolute atomic E-state index is 0.250. The molecule has 0 aromatic heterocycles. The lowest BCUT2D eigenvalue weighted by Crippen LogP contribution is -2.41. The molecule has 0 bridgehead atoms. The second-order valence-corrected chi connectivity index (χ2v) is 3.65. The smallest absolute Gasteiger partial charge is 0.413 e. The fourth-order valence-electron chi connectivity index (χ4n) is 1.58. The zero-order valence-corrected chi connectivity index (χ0v) is 9.62. The van der Waals surface area contributed by atoms with Crippen molar-refractivity contribution in [2.24, 2.45) is 0 Å². The highest BCUT2D eigenvalue weighted by Gasteiger charge is 2.14. The first-order chi connectivity index (χ1) is 7.72. The van der Waals surface area contributed by atoms with E-state index in [4.69, 9.17) is 0 Å². The van der Waals surface area contributed by atoms with Crippen molar-refractivity contribution >= 4 is 12.0 Å². The summed E-state index contributed by atoms with van der Waals surface area (Å²) in [6.45, 7) is 5.79. The van der Waals surface area contributed by atoms with Gasteiger partial charge in [-0.05, 0) is 26.4 Å². The first-order valence-corrected chi connectivity index (χ1v) is 5.62. The molecule has 0 aliphatic carbocycles. The molecule has 0 saturated carbocycles. The molecule has 2 N–H and O–H groups in total. The number of nitrogens with one attached hydrogen (secondary N) is 2. The molecule has 0 spiro atoms. The van der Waals surface area contributed by atoms with Gasteiger partial charge >= 0.3 is 6.09 Å². The van der Waals surface area contributed by atoms with E-state index in [1.165, 1.54) is 0 Å². The van der Waals surface area contributed by atoms with Crippen LogP contribution in [-0.2, 0) is 9.53 Å². The van der Waals surface area contributed by atoms with Crippen LogP contribution < -0.4 is 10.6 Å². The Morgan fingerprint density at radius 1 is 1.38 bits per heavy atom. The largest absolute Gasteiger partial charge is 0.450 e. The van der Waals surface area contributed by atoms with E-state index in [9.17, 15) is 9.59 Å². The van der Waals surface area contributed by atoms with Gasteiger partial charge < -0.3 is 10.1 Å². The molecule has 1 heterocycles. The van der Waals surface area contributed by atoms with Gasteiger partial charge in [0, 0.05) is 13.1 Å². The van der Waals surface area contributed by atoms with Crippen LogP contribution in [0.3, 0.4) is 0 Å². The molecule has 0 atom stereocenters. The van der Waals surface area contributed by atoms with Gasteiger partial charge in [-0.15, -0.1) is 0 Å². The summed E-state index contributed by atoms with van der Waals surface area (Å²) in [5.41, 5.74) is 0. The van der Waals surface area contributed by atoms with Gasteiger partial charge in [-0.3, -0.25) is 15.0 Å². The quantitative estimate of drug-likeness (QED) is 0.686. The van der Waals surface area contributed by atoms with Crippen LogP contribution in [0.1, 0.15) is 13.3 Å². The van der Waals surface area contributed by atoms with Crippen LogP contribution >= 0.6 is 0 Å². The molecule has 0 aromatic rings. The fraction of sp³-hybridized carbons (Fsp3) is 0.800. The van der Waals surface area contributed by atoms with Crippen LogP contribution in [0, 0.1) is 0 Å². The lowest BCUT2D eigenvalue weighted by molar-refractivity contribution is -0.121. The molecule has 1 saturated heterocycles. The summed E-state index contributed by atoms with van der Waals surface area (Å²) in [5, 5.41) is 5.43. The SMILES string of the molecule is CCOC(=O)NC(=O)CN1CCCNCC1. The summed E-state index contributed by atoms with van der Waals surface area (Å²) in [5.74, 6) is -0.305. The van der Waals surface area contributed by atoms with Gasteiger partial charge in [0.15, 0.2) is 0 Å². The Hall–Kier alpha value is -1.14. The van der Waals surface area contributed by atoms with Gasteiger partial charge in [-0.25, -0.2) is 4.79 Å². The fourth-order valence-corrected chi connectivity index (χ4v) is 1.58. The number of ether oxygens (including phenoxy) is 1. The van der Waals surface area contributed by atoms with E-state index in [1.54, 1.807) is 6.92 Å². The van der Waals surface area contributed by atoms with E-state index in [0.717, 1.165) is 32.6 Å². The van der Waals surface area contributed by atoms with E-state index in [0.29, 0.717) is 0 Å². The second kappa shape index (κ2) is 7.19. The number of hydrogen-bond donors (Lipinski definition) is 2. The molecule has 6 heteroatoms. The van der Waals surface area contributed by atoms with Crippen molar-refractivity contribution in [2.45, 2.75) is 13.3 Å². The van der Waals surface area contributed by atoms with E-state index in [-0.39, 0.29) is 19.1 Å². The van der Waals surface area contributed by atoms with Crippen molar-refractivity contribution in [3.63, 3.8) is 0 Å². The summed E-state index contributed by atoms with van der Waals surface area (Å²) in [6, 6.07) is 0. The number of carbonyl (C=O) groups excluding carboxylic acids is 2. The summed E-state index contributed by atoms with van der Waals surface area (Å²) in [7, 11) is 0. The van der Waals surface area contributed by atoms with E-state index in [2.05, 4.69) is 15.4 Å². The van der Waals surface area contributed by atoms with Crippen molar-refractivity contribution in [2.75, 3.05) is 39.3 Å². The summed E-state index contributed by atoms with van der Waals surface area (Å²) >= 11 is 0. The van der Waals surface area contributed by atoms with Gasteiger partial charge in [-0.1, -0.05) is 0 Å². The van der Waals surface area contributed by atoms with Crippen molar-refractivity contribution < 1.29 is 14.3 Å². The maximum Gasteiger partial charge on any atom is 0.413 e. The first-order valence-electron chi connectivity index (χ1n) is 5.62. The molecular formula is C10H19N3O3. The van der Waals surface area contributed by atoms with Crippen LogP contribution in [0.15, 0.2) is 0 Å². The number of nitrogens with zero attached hydrogens (tertiary/aromatic N) is 1. The molecule has 1 aliphatic heterocycles. The van der Waals surface area contributed by atoms with Crippen molar-refractivity contribution in [1.29, 1.82) is 0 Å². The van der Waals surface area contributed by atoms with Gasteiger partial charge in [0.2, 0.25) is 5.91 Å². The van der Waals surface area contributed by atoms with Gasteiger partial charge in [0.05, 0.1) is 13.2 Å². The highest BCUT2D eigenvalue weighted by molar-refractivity contribution is 5.92. The summed E-state index contributed by atoms with van der Waals surface area (Å²) < 4.78 is 4.62. The van der Waals surface area contributed by atoms with E-state index < -0.39 is 6.09 Å². The maximum atomic E-state index is 11.4. The third-order valence-corrected chi connectivity index (χ3v) is 2.32. The van der Waals surface area contributed by atoms with Gasteiger partial charge in [-0.2, -0.15) is 0 Å². The van der Waals surface area contributed by atoms with Crippen molar-refractivity contribution in [3.8, 4) is 0 Å². The van der Waals surface area contributed by atoms with E-state index >= 15 is 0 Å². The molecule has 0 unspecified atom stereocenters. The van der Waals surface area contributed by atoms with Crippen LogP contribution in [0.2, 0.25) is 0 Å². The molecule has 0 radical (unpaired) electrons. The number of alkyl carbamates (subject to hydrolysis) is 1. The Morgan fingerprint density at radius 2 is 2.19 bits per heavy atom. The van der Waals surface area contributed by atoms with Crippen LogP contribution in [0.25, 0.3) is 0 Å². The van der Waals surface area contributed by atoms with E-state index in [1.807, 2.05) is 4.90 Å². The Labute approximate surface area is 95.3 Å². The zero-order valence-electron chi connectivity index (χ0n) is 9.62. The standard InChI is InChI=1S/C10H19N3O3/c1-2-16-10(15)12-9(14)8-13-6-3-4-11-5-7-13/h11H,2-8H2,1H3,(H,12,14,15). The third-order valence-electron chi connectivity index (χ3n) is 2.32. The Balaban J connectivity index is 2.24. The monoisotopic (exact) mass is 229 g/mol. The molecule has 6 nitrogen and oxygen atoms in total. The van der Waals surface area contributed by atoms with Gasteiger partial charge in [0.25, 0.3) is 0 Å². The highest BCUT2D eigenvalue weighted by Crippen LogP contribution is 1.94. The normalized spacial score (nSPS) is 17.6. The van der Waals surface area contributed by atoms with Crippen LogP contribution in [-0.4, -0.2) is 56.2 Å². The minimum Gasteiger partial charge on any atom is -0.450 e. The molecule has 1 aliphatic rings. The molecule has 1 rings (SSSR count). The Bertz CT molecular complexity index is 237. The molecule has 2 amide bonds. The Morgan fingerprint density at radius 3 is 2.94 bits per heavy atom. The zero-order chi connectivity index (χ0) is 11.8. The number of carbonyl (C=O) groups is 2. The predicted molar refractivity (Wildman–Crippen MR) is 59.1 cm³/mol. The lowest BCUT2D eigenvalue weighted by atomic mass is 10.4. The topological polar surface area (TPSA) is 70.7 Å². The minimum atomic E-state index is -0.666. The van der Waals surface area contributed by atoms with Gasteiger partial charge in [0.1, 0.15) is 0 Å². The third kappa shape index (κ3) is 5.09. The number of hydrogen-bond acceptors (Lipinski definition) is 5. The number of imide groups is 1. The molecule has 92 valence electrons. The molecule has 16 heavy (non-hydrogen) atoms. The second-order valence-electron chi connectivity index (χ2n) is 3.65. The van der Waals surface area contributed by atoms with Crippen molar-refractivity contribution in [1.82, 2.24) is 15.5 Å². The highest BCUT2D eigenvalue weighted by atomic mass is 16.5. The Kier molecular flexibility index (Phi) is 5.81. The number of amides is 2. The van der Waals surface area contributed by atoms with Crippen molar-refractivity contribution in [3.05, 3.63) is 0 Å². The van der Waals surface area contributed by atoms with Crippen LogP contribution in [0.5, 0.6) is 0 Å². The van der Waals surface area contributed by atoms with Crippen LogP contribution in [0.4, 0.5) is 4.79 Å². The lowest BCUT2D eigenvalue weighted by Gasteiger charge is -2.18. The average molecular weight is 229 g/mol. The first kappa shape index (κ1) is 12.9. The molecule has 1 fully saturated rings. The maximum absolute atomic E-state index is 11.4.